The lowest BCUT2D eigenvalue weighted by Gasteiger charge is -2.10. The minimum atomic E-state index is -4.20. The van der Waals surface area contributed by atoms with Crippen molar-refractivity contribution in [1.82, 2.24) is 9.88 Å². The average Bonchev–Trinajstić information content (AvgIpc) is 3.39. The van der Waals surface area contributed by atoms with Gasteiger partial charge in [-0.1, -0.05) is 53.7 Å². The molecule has 44 heavy (non-hydrogen) atoms. The van der Waals surface area contributed by atoms with Crippen LogP contribution in [0.4, 0.5) is 0 Å². The number of carbonyl (C=O) groups is 2. The van der Waals surface area contributed by atoms with Gasteiger partial charge in [-0.25, -0.2) is 13.1 Å². The third-order valence-corrected chi connectivity index (χ3v) is 7.52. The highest BCUT2D eigenvalue weighted by Gasteiger charge is 2.20. The first-order chi connectivity index (χ1) is 21.1. The first-order valence-electron chi connectivity index (χ1n) is 13.1. The number of aryl methyl sites for hydroxylation is 1. The zero-order valence-corrected chi connectivity index (χ0v) is 24.4. The van der Waals surface area contributed by atoms with E-state index < -0.39 is 27.0 Å². The van der Waals surface area contributed by atoms with E-state index in [0.717, 1.165) is 17.2 Å². The molecule has 4 aromatic rings. The minimum Gasteiger partial charge on any atom is -0.493 e. The van der Waals surface area contributed by atoms with E-state index in [9.17, 15) is 28.1 Å². The fourth-order valence-electron chi connectivity index (χ4n) is 4.11. The summed E-state index contributed by atoms with van der Waals surface area (Å²) >= 11 is 0. The molecule has 0 bridgehead atoms. The van der Waals surface area contributed by atoms with Gasteiger partial charge < -0.3 is 18.8 Å². The largest absolute Gasteiger partial charge is 0.493 e. The van der Waals surface area contributed by atoms with E-state index >= 15 is 0 Å². The molecule has 0 aliphatic heterocycles. The zero-order valence-electron chi connectivity index (χ0n) is 23.6. The second-order valence-electron chi connectivity index (χ2n) is 9.20. The Morgan fingerprint density at radius 2 is 1.75 bits per heavy atom. The van der Waals surface area contributed by atoms with Crippen LogP contribution in [0.15, 0.2) is 88.3 Å². The van der Waals surface area contributed by atoms with Crippen molar-refractivity contribution in [2.45, 2.75) is 24.7 Å². The van der Waals surface area contributed by atoms with E-state index in [1.807, 2.05) is 35.1 Å². The number of rotatable bonds is 13. The number of hydrogen-bond donors (Lipinski definition) is 1. The third kappa shape index (κ3) is 8.07. The van der Waals surface area contributed by atoms with Gasteiger partial charge in [0.05, 0.1) is 24.2 Å². The van der Waals surface area contributed by atoms with Crippen LogP contribution in [0.1, 0.15) is 24.2 Å². The van der Waals surface area contributed by atoms with Crippen molar-refractivity contribution in [3.63, 3.8) is 0 Å². The van der Waals surface area contributed by atoms with Gasteiger partial charge >= 0.3 is 5.97 Å². The molecule has 3 aromatic carbocycles. The van der Waals surface area contributed by atoms with Gasteiger partial charge in [0.1, 0.15) is 11.5 Å². The van der Waals surface area contributed by atoms with E-state index in [0.29, 0.717) is 22.6 Å². The number of methoxy groups -OCH3 is 1. The number of sulfonamides is 1. The van der Waals surface area contributed by atoms with Crippen molar-refractivity contribution in [2.75, 3.05) is 13.7 Å². The molecule has 0 fully saturated rings. The number of carbonyl (C=O) groups excluding carboxylic acids is 2. The van der Waals surface area contributed by atoms with Crippen LogP contribution in [0.3, 0.4) is 0 Å². The maximum Gasteiger partial charge on any atom is 0.311 e. The van der Waals surface area contributed by atoms with Gasteiger partial charge in [-0.05, 0) is 54.8 Å². The lowest BCUT2D eigenvalue weighted by atomic mass is 10.00. The van der Waals surface area contributed by atoms with Crippen LogP contribution < -0.4 is 14.2 Å². The normalized spacial score (nSPS) is 11.2. The molecule has 13 nitrogen and oxygen atoms in total. The molecule has 1 aromatic heterocycles. The fraction of sp³-hybridized carbons (Fsp3) is 0.167. The summed E-state index contributed by atoms with van der Waals surface area (Å²) in [7, 11) is -2.84. The van der Waals surface area contributed by atoms with Crippen molar-refractivity contribution in [3.05, 3.63) is 100 Å². The van der Waals surface area contributed by atoms with Gasteiger partial charge in [-0.15, -0.1) is 10.1 Å². The molecule has 4 rings (SSSR count). The van der Waals surface area contributed by atoms with Gasteiger partial charge in [-0.2, -0.15) is 0 Å². The number of ether oxygens (including phenoxy) is 2. The Balaban J connectivity index is 1.42. The molecule has 1 N–H and O–H groups in total. The van der Waals surface area contributed by atoms with Crippen LogP contribution in [-0.2, 0) is 24.4 Å². The standard InChI is InChI=1S/C30H27N3O10S/c1-20-29(30(31-43-20)23-7-4-3-5-8-23)22-12-14-24(15-13-22)44(38,39)32-27(34)17-11-21-10-16-25(40-2)26(19-21)42-28(35)9-6-18-41-33(36)37/h3-5,7-8,10-17,19H,6,9,18H2,1-2H3,(H,32,34)/b17-11+. The molecule has 0 saturated carbocycles. The van der Waals surface area contributed by atoms with Crippen molar-refractivity contribution >= 4 is 28.0 Å². The lowest BCUT2D eigenvalue weighted by Crippen LogP contribution is -2.28. The average molecular weight is 622 g/mol. The van der Waals surface area contributed by atoms with Gasteiger partial charge in [0.15, 0.2) is 11.5 Å². The summed E-state index contributed by atoms with van der Waals surface area (Å²) in [5.41, 5.74) is 3.28. The third-order valence-electron chi connectivity index (χ3n) is 6.16. The second kappa shape index (κ2) is 14.1. The van der Waals surface area contributed by atoms with Gasteiger partial charge in [0.25, 0.3) is 21.0 Å². The molecule has 1 amide bonds. The van der Waals surface area contributed by atoms with E-state index in [-0.39, 0.29) is 35.8 Å². The van der Waals surface area contributed by atoms with Crippen molar-refractivity contribution in [1.29, 1.82) is 0 Å². The summed E-state index contributed by atoms with van der Waals surface area (Å²) in [6.07, 6.45) is 2.26. The molecule has 0 saturated heterocycles. The summed E-state index contributed by atoms with van der Waals surface area (Å²) in [5, 5.41) is 13.4. The van der Waals surface area contributed by atoms with Crippen LogP contribution in [0.2, 0.25) is 0 Å². The summed E-state index contributed by atoms with van der Waals surface area (Å²) in [6, 6.07) is 19.9. The quantitative estimate of drug-likeness (QED) is 0.0545. The highest BCUT2D eigenvalue weighted by molar-refractivity contribution is 7.90. The monoisotopic (exact) mass is 621 g/mol. The summed E-state index contributed by atoms with van der Waals surface area (Å²) in [5.74, 6) is -0.750. The highest BCUT2D eigenvalue weighted by atomic mass is 32.2. The molecule has 1 heterocycles. The number of nitrogens with zero attached hydrogens (tertiary/aromatic N) is 2. The Morgan fingerprint density at radius 1 is 1.02 bits per heavy atom. The topological polar surface area (TPSA) is 177 Å². The fourth-order valence-corrected chi connectivity index (χ4v) is 5.05. The van der Waals surface area contributed by atoms with Gasteiger partial charge in [0, 0.05) is 18.1 Å². The highest BCUT2D eigenvalue weighted by Crippen LogP contribution is 2.34. The molecule has 0 spiro atoms. The predicted octanol–water partition coefficient (Wildman–Crippen LogP) is 4.74. The molecular formula is C30H27N3O10S. The summed E-state index contributed by atoms with van der Waals surface area (Å²) in [6.45, 7) is 1.50. The predicted molar refractivity (Wildman–Crippen MR) is 157 cm³/mol. The number of aromatic nitrogens is 1. The molecular weight excluding hydrogens is 594 g/mol. The van der Waals surface area contributed by atoms with Gasteiger partial charge in [0.2, 0.25) is 0 Å². The Hall–Kier alpha value is -5.50. The van der Waals surface area contributed by atoms with Crippen molar-refractivity contribution < 1.29 is 41.9 Å². The number of esters is 1. The molecule has 14 heteroatoms. The van der Waals surface area contributed by atoms with E-state index in [2.05, 4.69) is 9.99 Å². The molecule has 0 atom stereocenters. The van der Waals surface area contributed by atoms with Gasteiger partial charge in [-0.3, -0.25) is 9.59 Å². The van der Waals surface area contributed by atoms with Crippen LogP contribution in [0.25, 0.3) is 28.5 Å². The van der Waals surface area contributed by atoms with E-state index in [1.165, 1.54) is 37.5 Å². The number of benzene rings is 3. The first-order valence-corrected chi connectivity index (χ1v) is 14.6. The Labute approximate surface area is 252 Å². The molecule has 228 valence electrons. The van der Waals surface area contributed by atoms with Crippen LogP contribution in [0.5, 0.6) is 11.5 Å². The Morgan fingerprint density at radius 3 is 2.43 bits per heavy atom. The van der Waals surface area contributed by atoms with E-state index in [1.54, 1.807) is 25.1 Å². The van der Waals surface area contributed by atoms with Crippen molar-refractivity contribution in [2.24, 2.45) is 0 Å². The first kappa shape index (κ1) is 31.4. The summed E-state index contributed by atoms with van der Waals surface area (Å²) < 4.78 is 43.6. The van der Waals surface area contributed by atoms with Crippen LogP contribution >= 0.6 is 0 Å². The SMILES string of the molecule is COc1ccc(/C=C/C(=O)NS(=O)(=O)c2ccc(-c3c(-c4ccccc4)noc3C)cc2)cc1OC(=O)CCCO[N+](=O)[O-]. The maximum absolute atomic E-state index is 12.9. The Bertz CT molecular complexity index is 1780. The number of hydrogen-bond acceptors (Lipinski definition) is 11. The second-order valence-corrected chi connectivity index (χ2v) is 10.9. The number of amides is 1. The summed E-state index contributed by atoms with van der Waals surface area (Å²) in [4.78, 5) is 38.9. The maximum atomic E-state index is 12.9. The lowest BCUT2D eigenvalue weighted by molar-refractivity contribution is -0.757. The minimum absolute atomic E-state index is 0.0430. The molecule has 0 unspecified atom stereocenters. The zero-order chi connectivity index (χ0) is 31.7. The van der Waals surface area contributed by atoms with Crippen LogP contribution in [-0.4, -0.2) is 44.3 Å². The molecule has 0 aliphatic carbocycles. The molecule has 0 radical (unpaired) electrons. The smallest absolute Gasteiger partial charge is 0.311 e. The van der Waals surface area contributed by atoms with Crippen molar-refractivity contribution in [3.8, 4) is 33.9 Å². The van der Waals surface area contributed by atoms with Crippen LogP contribution in [0, 0.1) is 17.0 Å². The number of nitrogens with one attached hydrogen (secondary N) is 1. The Kier molecular flexibility index (Phi) is 10.1. The van der Waals surface area contributed by atoms with E-state index in [4.69, 9.17) is 14.0 Å². The molecule has 0 aliphatic rings.